The van der Waals surface area contributed by atoms with Crippen LogP contribution in [0.25, 0.3) is 0 Å². The van der Waals surface area contributed by atoms with E-state index in [-0.39, 0.29) is 0 Å². The van der Waals surface area contributed by atoms with Crippen LogP contribution in [0.5, 0.6) is 0 Å². The molecule has 1 aromatic heterocycles. The molecule has 18 heavy (non-hydrogen) atoms. The number of nitrogens with zero attached hydrogens (tertiary/aromatic N) is 3. The molecule has 0 aromatic carbocycles. The summed E-state index contributed by atoms with van der Waals surface area (Å²) >= 11 is 18.1. The molecule has 0 aliphatic carbocycles. The minimum absolute atomic E-state index is 0.308. The topological polar surface area (TPSA) is 19.4 Å². The molecule has 0 amide bonds. The van der Waals surface area contributed by atoms with Crippen LogP contribution in [-0.2, 0) is 0 Å². The van der Waals surface area contributed by atoms with Crippen molar-refractivity contribution in [2.45, 2.75) is 18.9 Å². The van der Waals surface area contributed by atoms with Crippen LogP contribution >= 0.6 is 34.8 Å². The van der Waals surface area contributed by atoms with E-state index in [0.29, 0.717) is 21.2 Å². The van der Waals surface area contributed by atoms with Gasteiger partial charge in [-0.3, -0.25) is 0 Å². The van der Waals surface area contributed by atoms with E-state index in [0.717, 1.165) is 25.3 Å². The van der Waals surface area contributed by atoms with Crippen molar-refractivity contribution < 1.29 is 0 Å². The number of hydrogen-bond donors (Lipinski definition) is 0. The lowest BCUT2D eigenvalue weighted by Crippen LogP contribution is -2.45. The summed E-state index contributed by atoms with van der Waals surface area (Å²) in [5.41, 5.74) is 0. The first-order valence-corrected chi connectivity index (χ1v) is 7.05. The second-order valence-corrected chi connectivity index (χ2v) is 5.94. The molecule has 1 aliphatic heterocycles. The zero-order valence-electron chi connectivity index (χ0n) is 10.5. The standard InChI is InChI=1S/C12H16Cl3N3/c1-17(2)8-4-3-5-18(7-8)12-10(14)6-9(13)11(15)16-12/h6,8H,3-5,7H2,1-2H3. The Kier molecular flexibility index (Phi) is 4.59. The van der Waals surface area contributed by atoms with Crippen LogP contribution in [0.1, 0.15) is 12.8 Å². The lowest BCUT2D eigenvalue weighted by atomic mass is 10.1. The fourth-order valence-electron chi connectivity index (χ4n) is 2.23. The number of halogens is 3. The second kappa shape index (κ2) is 5.83. The van der Waals surface area contributed by atoms with Gasteiger partial charge >= 0.3 is 0 Å². The third-order valence-electron chi connectivity index (χ3n) is 3.29. The Hall–Kier alpha value is -0.220. The minimum Gasteiger partial charge on any atom is -0.354 e. The fourth-order valence-corrected chi connectivity index (χ4v) is 2.84. The van der Waals surface area contributed by atoms with E-state index in [9.17, 15) is 0 Å². The monoisotopic (exact) mass is 307 g/mol. The number of likely N-dealkylation sites (N-methyl/N-ethyl adjacent to an activating group) is 1. The average Bonchev–Trinajstić information content (AvgIpc) is 2.34. The molecule has 1 unspecified atom stereocenters. The molecule has 1 atom stereocenters. The third kappa shape index (κ3) is 3.02. The highest BCUT2D eigenvalue weighted by atomic mass is 35.5. The van der Waals surface area contributed by atoms with Crippen molar-refractivity contribution in [3.05, 3.63) is 21.3 Å². The summed E-state index contributed by atoms with van der Waals surface area (Å²) in [7, 11) is 4.19. The molecule has 0 radical (unpaired) electrons. The molecule has 1 fully saturated rings. The first-order chi connectivity index (χ1) is 8.49. The summed E-state index contributed by atoms with van der Waals surface area (Å²) in [6.07, 6.45) is 2.32. The molecule has 100 valence electrons. The van der Waals surface area contributed by atoms with Crippen molar-refractivity contribution >= 4 is 40.6 Å². The highest BCUT2D eigenvalue weighted by molar-refractivity contribution is 6.42. The first kappa shape index (κ1) is 14.2. The predicted octanol–water partition coefficient (Wildman–Crippen LogP) is 3.57. The summed E-state index contributed by atoms with van der Waals surface area (Å²) in [6.45, 7) is 1.87. The largest absolute Gasteiger partial charge is 0.354 e. The molecule has 2 rings (SSSR count). The molecule has 0 saturated carbocycles. The van der Waals surface area contributed by atoms with Gasteiger partial charge < -0.3 is 9.80 Å². The molecular formula is C12H16Cl3N3. The number of piperidine rings is 1. The lowest BCUT2D eigenvalue weighted by molar-refractivity contribution is 0.257. The minimum atomic E-state index is 0.308. The van der Waals surface area contributed by atoms with Crippen molar-refractivity contribution in [2.75, 3.05) is 32.1 Å². The summed E-state index contributed by atoms with van der Waals surface area (Å²) in [4.78, 5) is 8.71. The molecule has 1 aromatic rings. The van der Waals surface area contributed by atoms with E-state index in [1.807, 2.05) is 0 Å². The number of hydrogen-bond acceptors (Lipinski definition) is 3. The molecule has 3 nitrogen and oxygen atoms in total. The normalized spacial score (nSPS) is 20.6. The van der Waals surface area contributed by atoms with E-state index >= 15 is 0 Å². The maximum Gasteiger partial charge on any atom is 0.150 e. The number of rotatable bonds is 2. The van der Waals surface area contributed by atoms with Crippen molar-refractivity contribution in [3.63, 3.8) is 0 Å². The van der Waals surface area contributed by atoms with Crippen LogP contribution in [0.4, 0.5) is 5.82 Å². The highest BCUT2D eigenvalue weighted by Crippen LogP contribution is 2.32. The van der Waals surface area contributed by atoms with Crippen molar-refractivity contribution in [3.8, 4) is 0 Å². The fraction of sp³-hybridized carbons (Fsp3) is 0.583. The zero-order valence-corrected chi connectivity index (χ0v) is 12.7. The van der Waals surface area contributed by atoms with Gasteiger partial charge in [-0.2, -0.15) is 0 Å². The Morgan fingerprint density at radius 1 is 1.28 bits per heavy atom. The number of aromatic nitrogens is 1. The Morgan fingerprint density at radius 2 is 2.00 bits per heavy atom. The van der Waals surface area contributed by atoms with E-state index < -0.39 is 0 Å². The maximum absolute atomic E-state index is 6.20. The summed E-state index contributed by atoms with van der Waals surface area (Å²) < 4.78 is 0. The van der Waals surface area contributed by atoms with E-state index in [2.05, 4.69) is 28.9 Å². The number of anilines is 1. The van der Waals surface area contributed by atoms with Gasteiger partial charge in [0, 0.05) is 19.1 Å². The van der Waals surface area contributed by atoms with Gasteiger partial charge in [0.05, 0.1) is 10.0 Å². The van der Waals surface area contributed by atoms with Crippen LogP contribution in [0.15, 0.2) is 6.07 Å². The predicted molar refractivity (Wildman–Crippen MR) is 78.2 cm³/mol. The van der Waals surface area contributed by atoms with Crippen LogP contribution in [0.2, 0.25) is 15.2 Å². The van der Waals surface area contributed by atoms with Crippen LogP contribution in [0.3, 0.4) is 0 Å². The third-order valence-corrected chi connectivity index (χ3v) is 4.25. The molecule has 0 bridgehead atoms. The van der Waals surface area contributed by atoms with Gasteiger partial charge in [-0.15, -0.1) is 0 Å². The molecule has 2 heterocycles. The summed E-state index contributed by atoms with van der Waals surface area (Å²) in [5.74, 6) is 0.734. The van der Waals surface area contributed by atoms with Crippen LogP contribution in [0, 0.1) is 0 Å². The molecule has 6 heteroatoms. The van der Waals surface area contributed by atoms with E-state index in [4.69, 9.17) is 34.8 Å². The van der Waals surface area contributed by atoms with Gasteiger partial charge in [0.15, 0.2) is 0 Å². The highest BCUT2D eigenvalue weighted by Gasteiger charge is 2.24. The lowest BCUT2D eigenvalue weighted by Gasteiger charge is -2.37. The summed E-state index contributed by atoms with van der Waals surface area (Å²) in [6, 6.07) is 2.18. The average molecular weight is 309 g/mol. The number of pyridine rings is 1. The Labute approximate surface area is 123 Å². The zero-order chi connectivity index (χ0) is 13.3. The van der Waals surface area contributed by atoms with Gasteiger partial charge in [0.1, 0.15) is 11.0 Å². The first-order valence-electron chi connectivity index (χ1n) is 5.92. The van der Waals surface area contributed by atoms with Crippen LogP contribution in [-0.4, -0.2) is 43.1 Å². The Morgan fingerprint density at radius 3 is 2.67 bits per heavy atom. The maximum atomic E-state index is 6.20. The van der Waals surface area contributed by atoms with Gasteiger partial charge in [-0.1, -0.05) is 34.8 Å². The summed E-state index contributed by atoms with van der Waals surface area (Å²) in [5, 5.41) is 1.26. The van der Waals surface area contributed by atoms with E-state index in [1.165, 1.54) is 6.42 Å². The van der Waals surface area contributed by atoms with Gasteiger partial charge in [-0.25, -0.2) is 4.98 Å². The Bertz CT molecular complexity index is 437. The molecule has 1 aliphatic rings. The van der Waals surface area contributed by atoms with Crippen molar-refractivity contribution in [1.82, 2.24) is 9.88 Å². The SMILES string of the molecule is CN(C)C1CCCN(c2nc(Cl)c(Cl)cc2Cl)C1. The quantitative estimate of drug-likeness (QED) is 0.779. The molecular weight excluding hydrogens is 293 g/mol. The van der Waals surface area contributed by atoms with Crippen LogP contribution < -0.4 is 4.90 Å². The van der Waals surface area contributed by atoms with Gasteiger partial charge in [0.25, 0.3) is 0 Å². The smallest absolute Gasteiger partial charge is 0.150 e. The van der Waals surface area contributed by atoms with Gasteiger partial charge in [0.2, 0.25) is 0 Å². The van der Waals surface area contributed by atoms with Crippen molar-refractivity contribution in [1.29, 1.82) is 0 Å². The van der Waals surface area contributed by atoms with Crippen molar-refractivity contribution in [2.24, 2.45) is 0 Å². The van der Waals surface area contributed by atoms with Gasteiger partial charge in [-0.05, 0) is 33.0 Å². The Balaban J connectivity index is 2.23. The molecule has 1 saturated heterocycles. The van der Waals surface area contributed by atoms with E-state index in [1.54, 1.807) is 6.07 Å². The molecule has 0 spiro atoms. The second-order valence-electron chi connectivity index (χ2n) is 4.77. The molecule has 0 N–H and O–H groups in total.